The van der Waals surface area contributed by atoms with Crippen LogP contribution >= 0.6 is 0 Å². The Kier molecular flexibility index (Phi) is 10.6. The molecule has 0 atom stereocenters. The maximum atomic E-state index is 10.8. The molecule has 0 aromatic heterocycles. The second-order valence-electron chi connectivity index (χ2n) is 6.42. The molecular formula is C16H26O7. The van der Waals surface area contributed by atoms with Crippen LogP contribution < -0.4 is 0 Å². The molecule has 23 heavy (non-hydrogen) atoms. The summed E-state index contributed by atoms with van der Waals surface area (Å²) in [6.45, 7) is 15.5. The first kappa shape index (κ1) is 23.1. The molecule has 0 heterocycles. The average molecular weight is 330 g/mol. The fraction of sp³-hybridized carbons (Fsp3) is 0.562. The standard InChI is InChI=1S/C11H16O4.C5H10O3/c1-5-9(12)14-7-11(3,4)8-15-10(13)6-2;1-5(2,3)4(6)8-7/h5-6H,1-2,7-8H2,3-4H3;7H,1-3H3. The third kappa shape index (κ3) is 13.2. The van der Waals surface area contributed by atoms with Crippen molar-refractivity contribution in [2.24, 2.45) is 10.8 Å². The van der Waals surface area contributed by atoms with Gasteiger partial charge in [-0.05, 0) is 20.8 Å². The molecule has 7 nitrogen and oxygen atoms in total. The third-order valence-electron chi connectivity index (χ3n) is 2.24. The normalized spacial score (nSPS) is 10.5. The highest BCUT2D eigenvalue weighted by Gasteiger charge is 2.23. The second-order valence-corrected chi connectivity index (χ2v) is 6.42. The van der Waals surface area contributed by atoms with E-state index in [1.165, 1.54) is 0 Å². The van der Waals surface area contributed by atoms with Crippen LogP contribution in [-0.2, 0) is 28.7 Å². The van der Waals surface area contributed by atoms with E-state index < -0.39 is 28.7 Å². The van der Waals surface area contributed by atoms with Crippen LogP contribution in [0.2, 0.25) is 0 Å². The highest BCUT2D eigenvalue weighted by Crippen LogP contribution is 2.16. The molecule has 0 saturated heterocycles. The summed E-state index contributed by atoms with van der Waals surface area (Å²) in [5, 5.41) is 7.82. The minimum Gasteiger partial charge on any atom is -0.462 e. The number of esters is 2. The van der Waals surface area contributed by atoms with E-state index in [2.05, 4.69) is 18.0 Å². The van der Waals surface area contributed by atoms with E-state index in [4.69, 9.17) is 14.7 Å². The Hall–Kier alpha value is -2.15. The molecule has 1 N–H and O–H groups in total. The van der Waals surface area contributed by atoms with Gasteiger partial charge in [-0.2, -0.15) is 5.26 Å². The van der Waals surface area contributed by atoms with Crippen LogP contribution in [0.25, 0.3) is 0 Å². The van der Waals surface area contributed by atoms with Crippen LogP contribution in [0, 0.1) is 10.8 Å². The highest BCUT2D eigenvalue weighted by atomic mass is 17.1. The van der Waals surface area contributed by atoms with Gasteiger partial charge in [0.1, 0.15) is 0 Å². The van der Waals surface area contributed by atoms with Gasteiger partial charge in [0.25, 0.3) is 0 Å². The van der Waals surface area contributed by atoms with Crippen molar-refractivity contribution in [3.8, 4) is 0 Å². The minimum atomic E-state index is -0.613. The van der Waals surface area contributed by atoms with Crippen molar-refractivity contribution in [2.75, 3.05) is 13.2 Å². The van der Waals surface area contributed by atoms with Gasteiger partial charge in [0.05, 0.1) is 18.6 Å². The molecular weight excluding hydrogens is 304 g/mol. The lowest BCUT2D eigenvalue weighted by Crippen LogP contribution is -2.27. The van der Waals surface area contributed by atoms with Crippen molar-refractivity contribution < 1.29 is 34.0 Å². The van der Waals surface area contributed by atoms with Crippen molar-refractivity contribution in [3.05, 3.63) is 25.3 Å². The molecule has 0 aliphatic rings. The Labute approximate surface area is 136 Å². The zero-order valence-corrected chi connectivity index (χ0v) is 14.4. The fourth-order valence-electron chi connectivity index (χ4n) is 0.829. The lowest BCUT2D eigenvalue weighted by atomic mass is 9.96. The quantitative estimate of drug-likeness (QED) is 0.263. The van der Waals surface area contributed by atoms with Crippen molar-refractivity contribution in [2.45, 2.75) is 34.6 Å². The Morgan fingerprint density at radius 1 is 0.913 bits per heavy atom. The third-order valence-corrected chi connectivity index (χ3v) is 2.24. The average Bonchev–Trinajstić information content (AvgIpc) is 2.49. The Morgan fingerprint density at radius 2 is 1.26 bits per heavy atom. The molecule has 0 fully saturated rings. The summed E-state index contributed by atoms with van der Waals surface area (Å²) in [5.41, 5.74) is -1.02. The van der Waals surface area contributed by atoms with Gasteiger partial charge in [0.15, 0.2) is 0 Å². The Morgan fingerprint density at radius 3 is 1.43 bits per heavy atom. The molecule has 7 heteroatoms. The summed E-state index contributed by atoms with van der Waals surface area (Å²) in [5.74, 6) is -1.59. The number of rotatable bonds is 6. The van der Waals surface area contributed by atoms with E-state index in [9.17, 15) is 14.4 Å². The molecule has 0 aliphatic heterocycles. The molecule has 132 valence electrons. The first-order chi connectivity index (χ1) is 10.4. The molecule has 0 saturated carbocycles. The molecule has 0 aromatic rings. The van der Waals surface area contributed by atoms with Crippen LogP contribution in [0.1, 0.15) is 34.6 Å². The lowest BCUT2D eigenvalue weighted by molar-refractivity contribution is -0.243. The fourth-order valence-corrected chi connectivity index (χ4v) is 0.829. The number of carbonyl (C=O) groups is 3. The van der Waals surface area contributed by atoms with Crippen molar-refractivity contribution >= 4 is 17.9 Å². The van der Waals surface area contributed by atoms with Gasteiger partial charge in [0.2, 0.25) is 0 Å². The number of hydrogen-bond donors (Lipinski definition) is 1. The molecule has 0 spiro atoms. The molecule has 0 unspecified atom stereocenters. The molecule has 0 bridgehead atoms. The van der Waals surface area contributed by atoms with E-state index in [1.54, 1.807) is 20.8 Å². The van der Waals surface area contributed by atoms with E-state index in [0.717, 1.165) is 12.2 Å². The molecule has 0 aliphatic carbocycles. The topological polar surface area (TPSA) is 99.1 Å². The Balaban J connectivity index is 0. The van der Waals surface area contributed by atoms with Crippen molar-refractivity contribution in [3.63, 3.8) is 0 Å². The second kappa shape index (κ2) is 10.6. The summed E-state index contributed by atoms with van der Waals surface area (Å²) >= 11 is 0. The molecule has 0 rings (SSSR count). The van der Waals surface area contributed by atoms with Gasteiger partial charge in [-0.3, -0.25) is 0 Å². The highest BCUT2D eigenvalue weighted by molar-refractivity contribution is 5.81. The molecule has 0 radical (unpaired) electrons. The zero-order valence-electron chi connectivity index (χ0n) is 14.4. The van der Waals surface area contributed by atoms with Crippen LogP contribution in [0.15, 0.2) is 25.3 Å². The summed E-state index contributed by atoms with van der Waals surface area (Å²) in [6.07, 6.45) is 2.18. The molecule has 0 amide bonds. The van der Waals surface area contributed by atoms with Gasteiger partial charge in [-0.25, -0.2) is 14.4 Å². The van der Waals surface area contributed by atoms with E-state index >= 15 is 0 Å². The molecule has 0 aromatic carbocycles. The van der Waals surface area contributed by atoms with Gasteiger partial charge >= 0.3 is 17.9 Å². The summed E-state index contributed by atoms with van der Waals surface area (Å²) in [7, 11) is 0. The maximum Gasteiger partial charge on any atom is 0.347 e. The largest absolute Gasteiger partial charge is 0.462 e. The number of carbonyl (C=O) groups excluding carboxylic acids is 3. The zero-order chi connectivity index (χ0) is 18.7. The van der Waals surface area contributed by atoms with Gasteiger partial charge in [-0.1, -0.05) is 27.0 Å². The van der Waals surface area contributed by atoms with Crippen LogP contribution in [0.4, 0.5) is 0 Å². The smallest absolute Gasteiger partial charge is 0.347 e. The first-order valence-electron chi connectivity index (χ1n) is 6.84. The van der Waals surface area contributed by atoms with Crippen LogP contribution in [0.3, 0.4) is 0 Å². The van der Waals surface area contributed by atoms with E-state index in [-0.39, 0.29) is 13.2 Å². The summed E-state index contributed by atoms with van der Waals surface area (Å²) < 4.78 is 9.70. The van der Waals surface area contributed by atoms with Gasteiger partial charge in [-0.15, -0.1) is 0 Å². The van der Waals surface area contributed by atoms with Crippen LogP contribution in [0.5, 0.6) is 0 Å². The predicted molar refractivity (Wildman–Crippen MR) is 84.3 cm³/mol. The summed E-state index contributed by atoms with van der Waals surface area (Å²) in [6, 6.07) is 0. The lowest BCUT2D eigenvalue weighted by Gasteiger charge is -2.22. The SMILES string of the molecule is C=CC(=O)OCC(C)(C)COC(=O)C=C.CC(C)(C)C(=O)OO. The minimum absolute atomic E-state index is 0.169. The van der Waals surface area contributed by atoms with E-state index in [1.807, 2.05) is 13.8 Å². The van der Waals surface area contributed by atoms with E-state index in [0.29, 0.717) is 0 Å². The monoisotopic (exact) mass is 330 g/mol. The maximum absolute atomic E-state index is 10.8. The first-order valence-corrected chi connectivity index (χ1v) is 6.84. The van der Waals surface area contributed by atoms with Crippen LogP contribution in [-0.4, -0.2) is 36.4 Å². The van der Waals surface area contributed by atoms with Crippen molar-refractivity contribution in [1.82, 2.24) is 0 Å². The predicted octanol–water partition coefficient (Wildman–Crippen LogP) is 2.52. The van der Waals surface area contributed by atoms with Gasteiger partial charge in [0, 0.05) is 17.6 Å². The number of hydrogen-bond acceptors (Lipinski definition) is 7. The summed E-state index contributed by atoms with van der Waals surface area (Å²) in [4.78, 5) is 35.4. The number of ether oxygens (including phenoxy) is 2. The Bertz CT molecular complexity index is 404. The van der Waals surface area contributed by atoms with Gasteiger partial charge < -0.3 is 14.4 Å². The van der Waals surface area contributed by atoms with Crippen molar-refractivity contribution in [1.29, 1.82) is 0 Å².